The van der Waals surface area contributed by atoms with Gasteiger partial charge >= 0.3 is 0 Å². The zero-order chi connectivity index (χ0) is 56.9. The van der Waals surface area contributed by atoms with E-state index in [1.165, 1.54) is 114 Å². The van der Waals surface area contributed by atoms with Gasteiger partial charge in [-0.25, -0.2) is 0 Å². The summed E-state index contributed by atoms with van der Waals surface area (Å²) >= 11 is 1.91. The van der Waals surface area contributed by atoms with E-state index in [-0.39, 0.29) is 12.1 Å². The summed E-state index contributed by atoms with van der Waals surface area (Å²) in [7, 11) is 0. The van der Waals surface area contributed by atoms with Crippen LogP contribution in [0.4, 0.5) is 28.4 Å². The van der Waals surface area contributed by atoms with Crippen LogP contribution < -0.4 is 26.6 Å². The minimum absolute atomic E-state index is 0.155. The molecule has 0 saturated heterocycles. The Morgan fingerprint density at radius 2 is 1.01 bits per heavy atom. The van der Waals surface area contributed by atoms with Crippen molar-refractivity contribution in [3.05, 3.63) is 272 Å². The first-order chi connectivity index (χ1) is 41.8. The summed E-state index contributed by atoms with van der Waals surface area (Å²) in [6.45, 7) is 9.28. The Morgan fingerprint density at radius 3 is 1.62 bits per heavy atom. The highest BCUT2D eigenvalue weighted by molar-refractivity contribution is 7.26. The van der Waals surface area contributed by atoms with Gasteiger partial charge in [-0.1, -0.05) is 228 Å². The molecule has 0 atom stereocenters. The first-order valence-corrected chi connectivity index (χ1v) is 31.0. The van der Waals surface area contributed by atoms with Gasteiger partial charge in [-0.15, -0.1) is 11.3 Å². The number of nitrogens with one attached hydrogen (secondary N) is 1. The lowest BCUT2D eigenvalue weighted by Gasteiger charge is -2.43. The summed E-state index contributed by atoms with van der Waals surface area (Å²) < 4.78 is 5.14. The average Bonchev–Trinajstić information content (AvgIpc) is 1.22. The zero-order valence-electron chi connectivity index (χ0n) is 48.3. The molecule has 2 aliphatic rings. The van der Waals surface area contributed by atoms with Gasteiger partial charge in [0.2, 0.25) is 0 Å². The summed E-state index contributed by atoms with van der Waals surface area (Å²) in [4.78, 5) is 2.69. The summed E-state index contributed by atoms with van der Waals surface area (Å²) in [5.41, 5.74) is 27.6. The van der Waals surface area contributed by atoms with Crippen LogP contribution in [0.3, 0.4) is 0 Å². The van der Waals surface area contributed by atoms with Crippen molar-refractivity contribution >= 4 is 105 Å². The van der Waals surface area contributed by atoms with Crippen LogP contribution in [-0.2, 0) is 11.8 Å². The van der Waals surface area contributed by atoms with Gasteiger partial charge in [0, 0.05) is 76.1 Å². The Labute approximate surface area is 502 Å². The number of anilines is 5. The molecule has 0 fully saturated rings. The molecule has 3 nitrogen and oxygen atoms in total. The molecule has 4 heterocycles. The third-order valence-electron chi connectivity index (χ3n) is 18.1. The minimum Gasteiger partial charge on any atom is -0.356 e. The van der Waals surface area contributed by atoms with Crippen molar-refractivity contribution in [2.75, 3.05) is 10.2 Å². The topological polar surface area (TPSA) is 20.2 Å². The molecule has 0 amide bonds. The van der Waals surface area contributed by atoms with Crippen molar-refractivity contribution in [3.8, 4) is 61.3 Å². The lowest BCUT2D eigenvalue weighted by Crippen LogP contribution is -2.60. The average molecular weight is 1110 g/mol. The van der Waals surface area contributed by atoms with Gasteiger partial charge in [0.05, 0.1) is 16.7 Å². The van der Waals surface area contributed by atoms with Crippen LogP contribution in [0.15, 0.2) is 261 Å². The lowest BCUT2D eigenvalue weighted by molar-refractivity contribution is 0.591. The first kappa shape index (κ1) is 51.0. The molecule has 0 spiro atoms. The third kappa shape index (κ3) is 8.39. The van der Waals surface area contributed by atoms with Gasteiger partial charge in [0.1, 0.15) is 0 Å². The molecule has 0 saturated carbocycles. The second-order valence-electron chi connectivity index (χ2n) is 24.3. The Balaban J connectivity index is 1.07. The van der Waals surface area contributed by atoms with Crippen molar-refractivity contribution in [1.82, 2.24) is 4.57 Å². The van der Waals surface area contributed by atoms with E-state index in [2.05, 4.69) is 303 Å². The highest BCUT2D eigenvalue weighted by Gasteiger charge is 2.44. The van der Waals surface area contributed by atoms with Crippen molar-refractivity contribution in [2.45, 2.75) is 52.4 Å². The van der Waals surface area contributed by atoms with E-state index in [4.69, 9.17) is 0 Å². The largest absolute Gasteiger partial charge is 0.356 e. The fourth-order valence-electron chi connectivity index (χ4n) is 14.1. The van der Waals surface area contributed by atoms with E-state index < -0.39 is 0 Å². The number of fused-ring (bicyclic) bond motifs is 10. The monoisotopic (exact) mass is 1110 g/mol. The van der Waals surface area contributed by atoms with Crippen LogP contribution in [0.5, 0.6) is 0 Å². The molecule has 1 N–H and O–H groups in total. The molecule has 85 heavy (non-hydrogen) atoms. The Hall–Kier alpha value is -9.68. The van der Waals surface area contributed by atoms with Gasteiger partial charge in [-0.05, 0) is 151 Å². The van der Waals surface area contributed by atoms with Gasteiger partial charge in [0.15, 0.2) is 0 Å². The van der Waals surface area contributed by atoms with Gasteiger partial charge < -0.3 is 14.8 Å². The van der Waals surface area contributed by atoms with Crippen LogP contribution in [0.2, 0.25) is 0 Å². The number of hydrogen-bond donors (Lipinski definition) is 1. The Bertz CT molecular complexity index is 4820. The SMILES string of the molecule is CCCCc1ccc2sc3ccccc3c2c1-c1cc(-c2ccccc2)cc2c1Nc1cc(C(C)(C)C)cc3c1B2c1ccc(-n2c4ccccc4c4ccccc42)cc1N3c1c(-c2ccccc2)cc(-c2ccccc2)cc1-c1ccccc1. The van der Waals surface area contributed by atoms with E-state index in [1.54, 1.807) is 0 Å². The van der Waals surface area contributed by atoms with E-state index in [0.29, 0.717) is 0 Å². The second kappa shape index (κ2) is 20.3. The smallest absolute Gasteiger partial charge is 0.252 e. The molecule has 0 radical (unpaired) electrons. The Morgan fingerprint density at radius 1 is 0.459 bits per heavy atom. The van der Waals surface area contributed by atoms with Crippen molar-refractivity contribution in [2.24, 2.45) is 0 Å². The van der Waals surface area contributed by atoms with E-state index in [0.717, 1.165) is 64.3 Å². The maximum atomic E-state index is 4.40. The molecule has 12 aromatic carbocycles. The zero-order valence-corrected chi connectivity index (χ0v) is 49.1. The van der Waals surface area contributed by atoms with Gasteiger partial charge in [-0.2, -0.15) is 0 Å². The summed E-state index contributed by atoms with van der Waals surface area (Å²) in [6, 6.07) is 98.4. The van der Waals surface area contributed by atoms with Crippen LogP contribution in [-0.4, -0.2) is 11.3 Å². The van der Waals surface area contributed by atoms with Crippen LogP contribution >= 0.6 is 11.3 Å². The van der Waals surface area contributed by atoms with Gasteiger partial charge in [0.25, 0.3) is 6.71 Å². The Kier molecular flexibility index (Phi) is 12.2. The summed E-state index contributed by atoms with van der Waals surface area (Å²) in [5, 5.41) is 9.56. The predicted octanol–water partition coefficient (Wildman–Crippen LogP) is 20.5. The predicted molar refractivity (Wildman–Crippen MR) is 367 cm³/mol. The molecule has 0 unspecified atom stereocenters. The number of para-hydroxylation sites is 2. The number of unbranched alkanes of at least 4 members (excludes halogenated alkanes) is 1. The fraction of sp³-hybridized carbons (Fsp3) is 0.100. The maximum Gasteiger partial charge on any atom is 0.252 e. The molecule has 0 aliphatic carbocycles. The van der Waals surface area contributed by atoms with E-state index >= 15 is 0 Å². The van der Waals surface area contributed by atoms with Gasteiger partial charge in [-0.3, -0.25) is 0 Å². The maximum absolute atomic E-state index is 4.40. The number of benzene rings is 12. The standard InChI is InChI=1S/C80H62BN3S/c1-5-6-25-55-40-43-74-76(62-36-21-24-39-73(62)85-74)75(55)65-46-57(52-28-13-8-14-29-52)47-67-78(65)82-68-48-58(80(2,3)4)49-72-77(68)81(67)66-42-41-59(83-69-37-22-19-34-60(69)61-35-20-23-38-70(61)83)50-71(66)84(72)79-63(53-30-15-9-16-31-53)44-56(51-26-11-7-12-27-51)45-64(79)54-32-17-10-18-33-54/h7-24,26-50,82H,5-6,25H2,1-4H3. The molecule has 2 aliphatic heterocycles. The van der Waals surface area contributed by atoms with Crippen LogP contribution in [0.1, 0.15) is 51.7 Å². The quantitative estimate of drug-likeness (QED) is 0.138. The molecular formula is C80H62BN3S. The minimum atomic E-state index is -0.212. The number of hydrogen-bond acceptors (Lipinski definition) is 3. The number of aromatic nitrogens is 1. The summed E-state index contributed by atoms with van der Waals surface area (Å²) in [6.07, 6.45) is 3.22. The first-order valence-electron chi connectivity index (χ1n) is 30.2. The van der Waals surface area contributed by atoms with Crippen LogP contribution in [0, 0.1) is 0 Å². The molecule has 14 aromatic rings. The summed E-state index contributed by atoms with van der Waals surface area (Å²) in [5.74, 6) is 0. The van der Waals surface area contributed by atoms with E-state index in [9.17, 15) is 0 Å². The second-order valence-corrected chi connectivity index (χ2v) is 25.3. The van der Waals surface area contributed by atoms with Crippen molar-refractivity contribution in [3.63, 3.8) is 0 Å². The molecule has 16 rings (SSSR count). The fourth-order valence-corrected chi connectivity index (χ4v) is 15.2. The van der Waals surface area contributed by atoms with E-state index in [1.807, 2.05) is 11.3 Å². The molecule has 5 heteroatoms. The molecule has 406 valence electrons. The molecule has 2 aromatic heterocycles. The molecular weight excluding hydrogens is 1050 g/mol. The molecule has 0 bridgehead atoms. The highest BCUT2D eigenvalue weighted by atomic mass is 32.1. The van der Waals surface area contributed by atoms with Crippen molar-refractivity contribution in [1.29, 1.82) is 0 Å². The van der Waals surface area contributed by atoms with Crippen molar-refractivity contribution < 1.29 is 0 Å². The number of rotatable bonds is 10. The lowest BCUT2D eigenvalue weighted by atomic mass is 9.33. The number of aryl methyl sites for hydroxylation is 1. The normalized spacial score (nSPS) is 12.7. The highest BCUT2D eigenvalue weighted by Crippen LogP contribution is 2.53. The van der Waals surface area contributed by atoms with Crippen LogP contribution in [0.25, 0.3) is 103 Å². The number of nitrogens with zero attached hydrogens (tertiary/aromatic N) is 2. The number of thiophene rings is 1. The third-order valence-corrected chi connectivity index (χ3v) is 19.2.